The lowest BCUT2D eigenvalue weighted by Gasteiger charge is -2.28. The monoisotopic (exact) mass is 439 g/mol. The van der Waals surface area contributed by atoms with Crippen molar-refractivity contribution in [1.82, 2.24) is 4.90 Å². The van der Waals surface area contributed by atoms with E-state index >= 15 is 0 Å². The van der Waals surface area contributed by atoms with Crippen molar-refractivity contribution in [2.75, 3.05) is 31.5 Å². The number of likely N-dealkylation sites (N-methyl/N-ethyl adjacent to an activating group) is 1. The maximum atomic E-state index is 12.6. The zero-order valence-electron chi connectivity index (χ0n) is 17.6. The summed E-state index contributed by atoms with van der Waals surface area (Å²) in [7, 11) is 0. The van der Waals surface area contributed by atoms with Crippen molar-refractivity contribution in [3.05, 3.63) is 23.8 Å². The summed E-state index contributed by atoms with van der Waals surface area (Å²) < 4.78 is 26.8. The molecule has 1 aromatic rings. The first-order valence-electron chi connectivity index (χ1n) is 10.2. The van der Waals surface area contributed by atoms with Crippen molar-refractivity contribution in [2.45, 2.75) is 52.0 Å². The Balaban J connectivity index is 1.42. The van der Waals surface area contributed by atoms with Crippen LogP contribution >= 0.6 is 11.8 Å². The molecule has 0 aromatic heterocycles. The Morgan fingerprint density at radius 1 is 1.20 bits per heavy atom. The van der Waals surface area contributed by atoms with E-state index in [1.54, 1.807) is 4.90 Å². The van der Waals surface area contributed by atoms with Crippen LogP contribution in [0.3, 0.4) is 0 Å². The average molecular weight is 440 g/mol. The van der Waals surface area contributed by atoms with Gasteiger partial charge in [0.2, 0.25) is 13.1 Å². The van der Waals surface area contributed by atoms with Crippen LogP contribution in [0.4, 0.5) is 4.79 Å². The number of fused-ring (bicyclic) bond motifs is 1. The van der Waals surface area contributed by atoms with Crippen molar-refractivity contribution >= 4 is 23.8 Å². The van der Waals surface area contributed by atoms with Crippen LogP contribution in [0.25, 0.3) is 0 Å². The summed E-state index contributed by atoms with van der Waals surface area (Å²) in [6.45, 7) is 6.38. The van der Waals surface area contributed by atoms with E-state index in [1.807, 2.05) is 43.8 Å². The molecule has 2 atom stereocenters. The Morgan fingerprint density at radius 2 is 1.97 bits per heavy atom. The standard InChI is InChI=1S/C21H29NO7S/c1-4-22(14(2)9-16-5-6-18-19(10-16)27-13-26-18)21(24)29-15(3)28-20(23)7-8-25-17-11-30-12-17/h5-6,10,14-15,17H,4,7-9,11-13H2,1-3H3. The Labute approximate surface area is 181 Å². The van der Waals surface area contributed by atoms with Crippen molar-refractivity contribution in [3.63, 3.8) is 0 Å². The molecular weight excluding hydrogens is 410 g/mol. The van der Waals surface area contributed by atoms with Gasteiger partial charge in [0.05, 0.1) is 19.1 Å². The van der Waals surface area contributed by atoms with E-state index in [0.717, 1.165) is 22.8 Å². The molecule has 166 valence electrons. The number of nitrogens with zero attached hydrogens (tertiary/aromatic N) is 1. The molecule has 30 heavy (non-hydrogen) atoms. The Morgan fingerprint density at radius 3 is 2.67 bits per heavy atom. The second-order valence-electron chi connectivity index (χ2n) is 7.25. The number of ether oxygens (including phenoxy) is 5. The molecule has 0 bridgehead atoms. The number of amides is 1. The normalized spacial score (nSPS) is 17.0. The third kappa shape index (κ3) is 6.18. The first-order chi connectivity index (χ1) is 14.5. The number of thioether (sulfide) groups is 1. The van der Waals surface area contributed by atoms with Crippen molar-refractivity contribution in [3.8, 4) is 11.5 Å². The van der Waals surface area contributed by atoms with Gasteiger partial charge in [-0.05, 0) is 38.0 Å². The lowest BCUT2D eigenvalue weighted by atomic mass is 10.1. The lowest BCUT2D eigenvalue weighted by molar-refractivity contribution is -0.167. The van der Waals surface area contributed by atoms with E-state index < -0.39 is 18.4 Å². The molecular formula is C21H29NO7S. The zero-order valence-corrected chi connectivity index (χ0v) is 18.4. The zero-order chi connectivity index (χ0) is 21.5. The van der Waals surface area contributed by atoms with Crippen molar-refractivity contribution in [1.29, 1.82) is 0 Å². The highest BCUT2D eigenvalue weighted by molar-refractivity contribution is 8.00. The van der Waals surface area contributed by atoms with Gasteiger partial charge in [-0.1, -0.05) is 6.07 Å². The summed E-state index contributed by atoms with van der Waals surface area (Å²) in [6, 6.07) is 5.64. The first kappa shape index (κ1) is 22.6. The van der Waals surface area contributed by atoms with Crippen LogP contribution in [0.1, 0.15) is 32.8 Å². The van der Waals surface area contributed by atoms with E-state index in [9.17, 15) is 9.59 Å². The molecule has 3 rings (SSSR count). The van der Waals surface area contributed by atoms with Crippen LogP contribution < -0.4 is 9.47 Å². The van der Waals surface area contributed by atoms with E-state index in [4.69, 9.17) is 23.7 Å². The molecule has 2 unspecified atom stereocenters. The summed E-state index contributed by atoms with van der Waals surface area (Å²) in [4.78, 5) is 26.1. The number of carbonyl (C=O) groups excluding carboxylic acids is 2. The summed E-state index contributed by atoms with van der Waals surface area (Å²) in [5, 5.41) is 0. The SMILES string of the molecule is CCN(C(=O)OC(C)OC(=O)CCOC1CSC1)C(C)Cc1ccc2c(c1)OCO2. The lowest BCUT2D eigenvalue weighted by Crippen LogP contribution is -2.41. The molecule has 0 radical (unpaired) electrons. The minimum Gasteiger partial charge on any atom is -0.454 e. The summed E-state index contributed by atoms with van der Waals surface area (Å²) in [5.41, 5.74) is 1.03. The van der Waals surface area contributed by atoms with Gasteiger partial charge in [0.15, 0.2) is 11.5 Å². The molecule has 8 nitrogen and oxygen atoms in total. The van der Waals surface area contributed by atoms with Crippen molar-refractivity contribution < 1.29 is 33.3 Å². The molecule has 9 heteroatoms. The topological polar surface area (TPSA) is 83.5 Å². The van der Waals surface area contributed by atoms with Crippen LogP contribution in [0.2, 0.25) is 0 Å². The fourth-order valence-corrected chi connectivity index (χ4v) is 3.86. The molecule has 0 aliphatic carbocycles. The summed E-state index contributed by atoms with van der Waals surface area (Å²) >= 11 is 1.82. The molecule has 2 aliphatic rings. The molecule has 1 amide bonds. The maximum absolute atomic E-state index is 12.6. The van der Waals surface area contributed by atoms with Gasteiger partial charge in [0, 0.05) is 31.0 Å². The van der Waals surface area contributed by atoms with Crippen LogP contribution in [0.15, 0.2) is 18.2 Å². The third-order valence-electron chi connectivity index (χ3n) is 4.91. The maximum Gasteiger partial charge on any atom is 0.413 e. The third-order valence-corrected chi connectivity index (χ3v) is 6.12. The smallest absolute Gasteiger partial charge is 0.413 e. The van der Waals surface area contributed by atoms with Crippen molar-refractivity contribution in [2.24, 2.45) is 0 Å². The van der Waals surface area contributed by atoms with E-state index in [-0.39, 0.29) is 25.4 Å². The largest absolute Gasteiger partial charge is 0.454 e. The number of rotatable bonds is 10. The predicted octanol–water partition coefficient (Wildman–Crippen LogP) is 3.22. The molecule has 2 aliphatic heterocycles. The number of hydrogen-bond acceptors (Lipinski definition) is 8. The predicted molar refractivity (Wildman–Crippen MR) is 112 cm³/mol. The second-order valence-corrected chi connectivity index (χ2v) is 8.32. The average Bonchev–Trinajstić information content (AvgIpc) is 3.11. The summed E-state index contributed by atoms with van der Waals surface area (Å²) in [5.74, 6) is 2.94. The van der Waals surface area contributed by atoms with Gasteiger partial charge in [-0.2, -0.15) is 11.8 Å². The van der Waals surface area contributed by atoms with Crippen LogP contribution in [0, 0.1) is 0 Å². The number of hydrogen-bond donors (Lipinski definition) is 0. The Bertz CT molecular complexity index is 740. The quantitative estimate of drug-likeness (QED) is 0.406. The molecule has 0 N–H and O–H groups in total. The molecule has 0 saturated carbocycles. The minimum atomic E-state index is -0.962. The van der Waals surface area contributed by atoms with Gasteiger partial charge in [-0.25, -0.2) is 4.79 Å². The van der Waals surface area contributed by atoms with Gasteiger partial charge < -0.3 is 28.6 Å². The van der Waals surface area contributed by atoms with Crippen LogP contribution in [-0.4, -0.2) is 66.8 Å². The van der Waals surface area contributed by atoms with Gasteiger partial charge in [-0.15, -0.1) is 0 Å². The Hall–Kier alpha value is -2.13. The van der Waals surface area contributed by atoms with Gasteiger partial charge in [0.25, 0.3) is 0 Å². The van der Waals surface area contributed by atoms with Gasteiger partial charge in [0.1, 0.15) is 0 Å². The summed E-state index contributed by atoms with van der Waals surface area (Å²) in [6.07, 6.45) is -0.474. The first-order valence-corrected chi connectivity index (χ1v) is 11.4. The Kier molecular flexibility index (Phi) is 8.09. The highest BCUT2D eigenvalue weighted by atomic mass is 32.2. The molecule has 0 spiro atoms. The van der Waals surface area contributed by atoms with Gasteiger partial charge in [-0.3, -0.25) is 4.79 Å². The fourth-order valence-electron chi connectivity index (χ4n) is 3.24. The van der Waals surface area contributed by atoms with E-state index in [0.29, 0.717) is 25.3 Å². The van der Waals surface area contributed by atoms with E-state index in [1.165, 1.54) is 6.92 Å². The highest BCUT2D eigenvalue weighted by Gasteiger charge is 2.25. The number of esters is 1. The molecule has 2 heterocycles. The second kappa shape index (κ2) is 10.8. The molecule has 1 aromatic carbocycles. The van der Waals surface area contributed by atoms with Crippen LogP contribution in [-0.2, 0) is 25.4 Å². The minimum absolute atomic E-state index is 0.112. The highest BCUT2D eigenvalue weighted by Crippen LogP contribution is 2.33. The molecule has 1 fully saturated rings. The molecule has 1 saturated heterocycles. The van der Waals surface area contributed by atoms with Gasteiger partial charge >= 0.3 is 12.1 Å². The number of carbonyl (C=O) groups is 2. The fraction of sp³-hybridized carbons (Fsp3) is 0.619. The van der Waals surface area contributed by atoms with Crippen LogP contribution in [0.5, 0.6) is 11.5 Å². The number of benzene rings is 1. The van der Waals surface area contributed by atoms with E-state index in [2.05, 4.69) is 0 Å².